The van der Waals surface area contributed by atoms with Gasteiger partial charge in [0.25, 0.3) is 0 Å². The molecule has 2 amide bonds. The number of thioether (sulfide) groups is 1. The summed E-state index contributed by atoms with van der Waals surface area (Å²) in [6, 6.07) is 0. The number of fused-ring (bicyclic) bond motifs is 1. The van der Waals surface area contributed by atoms with Crippen molar-refractivity contribution in [1.29, 1.82) is 0 Å². The normalized spacial score (nSPS) is 22.2. The SMILES string of the molecule is CC(=O)SCCNC(=O)CCNC(=O)[C@H](O)C(C)(C)COP(=O)(O)OP(=O)(O)OC[C@H]1O[C@@H](n2cnc3c(N)ncnc32)[C@H](O)[C@@H]1OP(=O)(O)O.[H-].[Na+]. The van der Waals surface area contributed by atoms with Gasteiger partial charge in [-0.25, -0.2) is 28.6 Å². The number of carbonyl (C=O) groups excluding carboxylic acids is 3. The number of hydrogen-bond acceptors (Lipinski definition) is 18. The average molecular weight is 834 g/mol. The molecular weight excluding hydrogens is 794 g/mol. The smallest absolute Gasteiger partial charge is 1.00 e. The number of carbonyl (C=O) groups is 3. The van der Waals surface area contributed by atoms with E-state index in [1.165, 1.54) is 20.8 Å². The molecule has 0 aromatic carbocycles. The van der Waals surface area contributed by atoms with E-state index in [2.05, 4.69) is 34.4 Å². The van der Waals surface area contributed by atoms with Gasteiger partial charge in [-0.2, -0.15) is 4.31 Å². The third-order valence-corrected chi connectivity index (χ3v) is 10.7. The predicted molar refractivity (Wildman–Crippen MR) is 174 cm³/mol. The summed E-state index contributed by atoms with van der Waals surface area (Å²) in [5.74, 6) is -1.08. The number of nitrogens with two attached hydrogens (primary N) is 1. The van der Waals surface area contributed by atoms with Crippen molar-refractivity contribution in [3.8, 4) is 0 Å². The van der Waals surface area contributed by atoms with Crippen LogP contribution in [0.1, 0.15) is 34.8 Å². The van der Waals surface area contributed by atoms with E-state index in [1.807, 2.05) is 0 Å². The number of phosphoric acid groups is 3. The molecule has 1 aliphatic rings. The number of nitrogen functional groups attached to an aromatic ring is 1. The van der Waals surface area contributed by atoms with Crippen LogP contribution in [0, 0.1) is 5.41 Å². The van der Waals surface area contributed by atoms with Gasteiger partial charge >= 0.3 is 53.0 Å². The van der Waals surface area contributed by atoms with Gasteiger partial charge in [0.05, 0.1) is 19.5 Å². The summed E-state index contributed by atoms with van der Waals surface area (Å²) in [4.78, 5) is 85.9. The third kappa shape index (κ3) is 14.0. The molecule has 0 bridgehead atoms. The van der Waals surface area contributed by atoms with Crippen LogP contribution in [-0.4, -0.2) is 123 Å². The summed E-state index contributed by atoms with van der Waals surface area (Å²) in [5.41, 5.74) is 4.26. The van der Waals surface area contributed by atoms with Crippen LogP contribution in [0.25, 0.3) is 11.2 Å². The van der Waals surface area contributed by atoms with Gasteiger partial charge in [0.15, 0.2) is 22.8 Å². The second-order valence-electron chi connectivity index (χ2n) is 11.4. The maximum atomic E-state index is 12.6. The minimum absolute atomic E-state index is 0. The fourth-order valence-electron chi connectivity index (χ4n) is 4.32. The van der Waals surface area contributed by atoms with E-state index in [0.717, 1.165) is 29.0 Å². The van der Waals surface area contributed by atoms with Crippen molar-refractivity contribution in [3.05, 3.63) is 12.7 Å². The van der Waals surface area contributed by atoms with Crippen molar-refractivity contribution in [2.24, 2.45) is 5.41 Å². The van der Waals surface area contributed by atoms with E-state index in [4.69, 9.17) is 19.5 Å². The van der Waals surface area contributed by atoms with E-state index < -0.39 is 84.6 Å². The molecule has 1 aliphatic heterocycles. The largest absolute Gasteiger partial charge is 1.00 e. The molecule has 1 fully saturated rings. The number of phosphoric ester groups is 3. The Hall–Kier alpha value is -1.44. The molecule has 1 saturated heterocycles. The Kier molecular flexibility index (Phi) is 17.5. The molecule has 52 heavy (non-hydrogen) atoms. The molecular formula is C23H39N7NaO17P3S. The number of nitrogens with zero attached hydrogens (tertiary/aromatic N) is 4. The Balaban J connectivity index is 0.00000702. The van der Waals surface area contributed by atoms with Gasteiger partial charge in [-0.15, -0.1) is 0 Å². The maximum Gasteiger partial charge on any atom is 1.00 e. The second kappa shape index (κ2) is 19.4. The van der Waals surface area contributed by atoms with Gasteiger partial charge in [-0.05, 0) is 0 Å². The van der Waals surface area contributed by atoms with E-state index >= 15 is 0 Å². The molecule has 2 aromatic heterocycles. The van der Waals surface area contributed by atoms with Crippen molar-refractivity contribution < 1.29 is 111 Å². The summed E-state index contributed by atoms with van der Waals surface area (Å²) >= 11 is 1.03. The first-order chi connectivity index (χ1) is 23.5. The van der Waals surface area contributed by atoms with Gasteiger partial charge in [0, 0.05) is 37.6 Å². The second-order valence-corrected chi connectivity index (χ2v) is 16.9. The van der Waals surface area contributed by atoms with Gasteiger partial charge in [-0.1, -0.05) is 25.6 Å². The molecule has 0 radical (unpaired) electrons. The number of nitrogens with one attached hydrogen (secondary N) is 2. The fourth-order valence-corrected chi connectivity index (χ4v) is 7.65. The molecule has 10 N–H and O–H groups in total. The number of anilines is 1. The number of aliphatic hydroxyl groups is 2. The Morgan fingerprint density at radius 1 is 1.10 bits per heavy atom. The monoisotopic (exact) mass is 833 g/mol. The Labute approximate surface area is 323 Å². The fraction of sp³-hybridized carbons (Fsp3) is 0.652. The topological polar surface area (TPSA) is 364 Å². The quantitative estimate of drug-likeness (QED) is 0.0368. The van der Waals surface area contributed by atoms with Crippen LogP contribution in [0.15, 0.2) is 12.7 Å². The molecule has 0 spiro atoms. The van der Waals surface area contributed by atoms with Crippen LogP contribution in [-0.2, 0) is 50.7 Å². The number of hydrogen-bond donors (Lipinski definition) is 9. The van der Waals surface area contributed by atoms with Crippen LogP contribution in [0.2, 0.25) is 0 Å². The van der Waals surface area contributed by atoms with Crippen molar-refractivity contribution in [3.63, 3.8) is 0 Å². The van der Waals surface area contributed by atoms with Gasteiger partial charge in [-0.3, -0.25) is 32.5 Å². The van der Waals surface area contributed by atoms with Crippen LogP contribution in [0.4, 0.5) is 5.82 Å². The zero-order valence-corrected chi connectivity index (χ0v) is 33.6. The van der Waals surface area contributed by atoms with E-state index in [-0.39, 0.29) is 72.6 Å². The summed E-state index contributed by atoms with van der Waals surface area (Å²) in [5, 5.41) is 26.1. The third-order valence-electron chi connectivity index (χ3n) is 6.81. The number of amides is 2. The van der Waals surface area contributed by atoms with E-state index in [0.29, 0.717) is 5.75 Å². The number of imidazole rings is 1. The number of rotatable bonds is 19. The Bertz CT molecular complexity index is 1720. The number of aromatic nitrogens is 4. The van der Waals surface area contributed by atoms with Gasteiger partial charge < -0.3 is 52.3 Å². The molecule has 7 atom stereocenters. The first-order valence-corrected chi connectivity index (χ1v) is 20.0. The van der Waals surface area contributed by atoms with Crippen molar-refractivity contribution >= 4 is 69.1 Å². The van der Waals surface area contributed by atoms with Crippen molar-refractivity contribution in [2.45, 2.75) is 57.8 Å². The summed E-state index contributed by atoms with van der Waals surface area (Å²) in [7, 11) is -16.4. The minimum Gasteiger partial charge on any atom is -1.00 e. The Morgan fingerprint density at radius 3 is 2.38 bits per heavy atom. The number of ether oxygens (including phenoxy) is 1. The molecule has 2 unspecified atom stereocenters. The van der Waals surface area contributed by atoms with Crippen molar-refractivity contribution in [1.82, 2.24) is 30.2 Å². The summed E-state index contributed by atoms with van der Waals surface area (Å²) in [6.45, 7) is 1.90. The molecule has 290 valence electrons. The summed E-state index contributed by atoms with van der Waals surface area (Å²) in [6.07, 6.45) is -6.88. The van der Waals surface area contributed by atoms with Crippen LogP contribution in [0.3, 0.4) is 0 Å². The van der Waals surface area contributed by atoms with Crippen LogP contribution < -0.4 is 45.9 Å². The Morgan fingerprint density at radius 2 is 1.75 bits per heavy atom. The first kappa shape index (κ1) is 46.7. The average Bonchev–Trinajstić information content (AvgIpc) is 3.57. The van der Waals surface area contributed by atoms with Crippen LogP contribution >= 0.6 is 35.2 Å². The molecule has 0 saturated carbocycles. The summed E-state index contributed by atoms with van der Waals surface area (Å²) < 4.78 is 61.8. The zero-order valence-electron chi connectivity index (χ0n) is 29.1. The maximum absolute atomic E-state index is 12.6. The minimum atomic E-state index is -5.56. The molecule has 29 heteroatoms. The molecule has 3 rings (SSSR count). The molecule has 3 heterocycles. The molecule has 2 aromatic rings. The molecule has 0 aliphatic carbocycles. The van der Waals surface area contributed by atoms with E-state index in [1.54, 1.807) is 0 Å². The standard InChI is InChI=1S/C23H38N7O17P3S.Na.H/c1-12(31)51-7-6-25-14(32)4-5-26-21(35)18(34)23(2,3)9-44-50(41,42)47-49(39,40)43-8-13-17(46-48(36,37)38)16(33)22(45-13)30-11-29-15-19(24)27-10-28-20(15)30;;/h10-11,13,16-18,22,33-34H,4-9H2,1-3H3,(H,25,32)(H,26,35)(H,39,40)(H,41,42)(H2,24,27,28)(H2,36,37,38);;/q;+1;-1/t13-,16-,17-,18+,22-;;/m1../s1. The van der Waals surface area contributed by atoms with Gasteiger partial charge in [0.1, 0.15) is 36.3 Å². The number of aliphatic hydroxyl groups excluding tert-OH is 2. The zero-order chi connectivity index (χ0) is 38.4. The van der Waals surface area contributed by atoms with Crippen LogP contribution in [0.5, 0.6) is 0 Å². The van der Waals surface area contributed by atoms with Crippen molar-refractivity contribution in [2.75, 3.05) is 37.8 Å². The van der Waals surface area contributed by atoms with Gasteiger partial charge in [0.2, 0.25) is 11.8 Å². The predicted octanol–water partition coefficient (Wildman–Crippen LogP) is -4.20. The first-order valence-electron chi connectivity index (χ1n) is 14.5. The molecule has 24 nitrogen and oxygen atoms in total. The van der Waals surface area contributed by atoms with E-state index in [9.17, 15) is 57.9 Å².